The number of rotatable bonds is 16. The van der Waals surface area contributed by atoms with Crippen molar-refractivity contribution in [2.24, 2.45) is 0 Å². The molecule has 74 heavy (non-hydrogen) atoms. The lowest BCUT2D eigenvalue weighted by Gasteiger charge is -2.31. The molecule has 2 unspecified atom stereocenters. The third-order valence-electron chi connectivity index (χ3n) is 12.4. The molecule has 406 valence electrons. The topological polar surface area (TPSA) is 82.2 Å². The van der Waals surface area contributed by atoms with Crippen LogP contribution in [0.4, 0.5) is 0 Å². The summed E-state index contributed by atoms with van der Waals surface area (Å²) in [5.74, 6) is 3.15. The van der Waals surface area contributed by atoms with Gasteiger partial charge in [0, 0.05) is 10.8 Å². The van der Waals surface area contributed by atoms with E-state index in [4.69, 9.17) is 28.4 Å². The summed E-state index contributed by atoms with van der Waals surface area (Å²) >= 11 is 0. The number of hydrogen-bond acceptors (Lipinski definition) is 7. The highest BCUT2D eigenvalue weighted by molar-refractivity contribution is 5.53. The van der Waals surface area contributed by atoms with Gasteiger partial charge in [-0.1, -0.05) is 208 Å². The van der Waals surface area contributed by atoms with Gasteiger partial charge in [-0.2, -0.15) is 0 Å². The lowest BCUT2D eigenvalue weighted by molar-refractivity contribution is 0.0626. The largest absolute Gasteiger partial charge is 0.491 e. The summed E-state index contributed by atoms with van der Waals surface area (Å²) < 4.78 is 34.7. The Balaban J connectivity index is 0.00000107. The Labute approximate surface area is 450 Å². The first-order valence-corrected chi connectivity index (χ1v) is 28.5. The van der Waals surface area contributed by atoms with E-state index in [0.29, 0.717) is 24.7 Å². The average Bonchev–Trinajstić information content (AvgIpc) is 4.44. The van der Waals surface area contributed by atoms with Gasteiger partial charge < -0.3 is 33.5 Å². The van der Waals surface area contributed by atoms with Gasteiger partial charge in [-0.05, 0) is 119 Å². The van der Waals surface area contributed by atoms with Crippen LogP contribution in [0.15, 0.2) is 146 Å². The van der Waals surface area contributed by atoms with Gasteiger partial charge in [-0.3, -0.25) is 0 Å². The van der Waals surface area contributed by atoms with Gasteiger partial charge in [0.15, 0.2) is 0 Å². The van der Waals surface area contributed by atoms with E-state index >= 15 is 0 Å². The summed E-state index contributed by atoms with van der Waals surface area (Å²) in [6.07, 6.45) is 3.33. The SMILES string of the molecule is CC.CC.CC.CC.CC.CC.CC.CC.OC(COc1ccc(C2(c3ccc(OCC4CO4)cc3)Cc3ccccc3C2)cc1)COc1ccc(C2(c3ccc(OCC4CO4)cc3)Cc3ccccc3C2)cc1. The van der Waals surface area contributed by atoms with Crippen molar-refractivity contribution < 1.29 is 33.5 Å². The first-order valence-electron chi connectivity index (χ1n) is 28.5. The summed E-state index contributed by atoms with van der Waals surface area (Å²) in [6.45, 7) is 35.0. The standard InChI is InChI=1S/C51H48O7.8C2H6/c52-43(29-53-44-17-9-39(10-18-44)50(25-35-5-1-2-6-36(35)26-50)41-13-21-46(22-14-41)55-31-48-33-57-48)30-54-45-19-11-40(12-20-45)51(27-37-7-3-4-8-38(37)28-51)42-15-23-47(24-16-42)56-32-49-34-58-49;8*1-2/h1-24,43,48-49,52H,25-34H2;8*1-2H3. The predicted octanol–water partition coefficient (Wildman–Crippen LogP) is 16.4. The molecule has 10 rings (SSSR count). The smallest absolute Gasteiger partial charge is 0.122 e. The van der Waals surface area contributed by atoms with Crippen molar-refractivity contribution >= 4 is 0 Å². The molecule has 2 heterocycles. The zero-order valence-electron chi connectivity index (χ0n) is 48.6. The minimum absolute atomic E-state index is 0.121. The molecule has 0 radical (unpaired) electrons. The maximum absolute atomic E-state index is 10.9. The second-order valence-corrected chi connectivity index (χ2v) is 16.3. The van der Waals surface area contributed by atoms with Gasteiger partial charge in [-0.25, -0.2) is 0 Å². The minimum Gasteiger partial charge on any atom is -0.491 e. The molecular weight excluding hydrogens is 917 g/mol. The first-order chi connectivity index (χ1) is 36.5. The fourth-order valence-corrected chi connectivity index (χ4v) is 9.00. The Kier molecular flexibility index (Phi) is 31.0. The summed E-state index contributed by atoms with van der Waals surface area (Å²) in [6, 6.07) is 51.3. The number of epoxide rings is 2. The molecule has 6 aromatic carbocycles. The molecule has 2 aliphatic carbocycles. The molecule has 4 aliphatic rings. The third kappa shape index (κ3) is 17.8. The van der Waals surface area contributed by atoms with E-state index in [-0.39, 0.29) is 36.3 Å². The highest BCUT2D eigenvalue weighted by Gasteiger charge is 2.42. The molecule has 0 spiro atoms. The Morgan fingerprint density at radius 2 is 0.581 bits per heavy atom. The number of fused-ring (bicyclic) bond motifs is 2. The van der Waals surface area contributed by atoms with Crippen molar-refractivity contribution in [3.63, 3.8) is 0 Å². The van der Waals surface area contributed by atoms with E-state index < -0.39 is 6.10 Å². The lowest BCUT2D eigenvalue weighted by atomic mass is 9.72. The van der Waals surface area contributed by atoms with E-state index in [0.717, 1.165) is 50.4 Å². The van der Waals surface area contributed by atoms with Gasteiger partial charge >= 0.3 is 0 Å². The molecule has 2 atom stereocenters. The van der Waals surface area contributed by atoms with Crippen LogP contribution >= 0.6 is 0 Å². The molecule has 2 fully saturated rings. The van der Waals surface area contributed by atoms with Crippen LogP contribution < -0.4 is 18.9 Å². The summed E-state index contributed by atoms with van der Waals surface area (Å²) in [5, 5.41) is 10.9. The van der Waals surface area contributed by atoms with Crippen molar-refractivity contribution in [2.45, 2.75) is 166 Å². The molecule has 6 aromatic rings. The van der Waals surface area contributed by atoms with Crippen LogP contribution in [0, 0.1) is 0 Å². The molecule has 0 aromatic heterocycles. The van der Waals surface area contributed by atoms with E-state index in [1.165, 1.54) is 44.5 Å². The molecule has 1 N–H and O–H groups in total. The molecule has 0 amide bonds. The Hall–Kier alpha value is -5.60. The van der Waals surface area contributed by atoms with Crippen molar-refractivity contribution in [2.75, 3.05) is 39.6 Å². The Morgan fingerprint density at radius 3 is 0.797 bits per heavy atom. The van der Waals surface area contributed by atoms with Gasteiger partial charge in [0.05, 0.1) is 13.2 Å². The normalized spacial score (nSPS) is 16.1. The Morgan fingerprint density at radius 1 is 0.365 bits per heavy atom. The van der Waals surface area contributed by atoms with Crippen molar-refractivity contribution in [3.8, 4) is 23.0 Å². The summed E-state index contributed by atoms with van der Waals surface area (Å²) in [4.78, 5) is 0. The number of benzene rings is 6. The van der Waals surface area contributed by atoms with Crippen LogP contribution in [0.1, 0.15) is 155 Å². The Bertz CT molecular complexity index is 2110. The predicted molar refractivity (Wildman–Crippen MR) is 313 cm³/mol. The number of hydrogen-bond donors (Lipinski definition) is 1. The van der Waals surface area contributed by atoms with Crippen LogP contribution in [0.2, 0.25) is 0 Å². The molecule has 0 saturated carbocycles. The molecule has 7 heteroatoms. The first kappa shape index (κ1) is 64.5. The van der Waals surface area contributed by atoms with Crippen LogP contribution in [0.3, 0.4) is 0 Å². The monoisotopic (exact) mass is 1010 g/mol. The number of aliphatic hydroxyl groups is 1. The van der Waals surface area contributed by atoms with Crippen molar-refractivity contribution in [3.05, 3.63) is 190 Å². The van der Waals surface area contributed by atoms with Crippen LogP contribution in [0.25, 0.3) is 0 Å². The molecule has 7 nitrogen and oxygen atoms in total. The highest BCUT2D eigenvalue weighted by atomic mass is 16.6. The fraction of sp³-hybridized carbons (Fsp3) is 0.463. The highest BCUT2D eigenvalue weighted by Crippen LogP contribution is 2.47. The van der Waals surface area contributed by atoms with Gasteiger partial charge in [0.25, 0.3) is 0 Å². The molecule has 2 saturated heterocycles. The average molecular weight is 1010 g/mol. The van der Waals surface area contributed by atoms with Gasteiger partial charge in [0.1, 0.15) is 67.7 Å². The maximum atomic E-state index is 10.9. The van der Waals surface area contributed by atoms with Crippen molar-refractivity contribution in [1.82, 2.24) is 0 Å². The lowest BCUT2D eigenvalue weighted by Crippen LogP contribution is -2.29. The quantitative estimate of drug-likeness (QED) is 0.0967. The summed E-state index contributed by atoms with van der Waals surface area (Å²) in [5.41, 5.74) is 10.1. The zero-order chi connectivity index (χ0) is 54.9. The van der Waals surface area contributed by atoms with E-state index in [1.807, 2.05) is 135 Å². The van der Waals surface area contributed by atoms with E-state index in [2.05, 4.69) is 121 Å². The number of aliphatic hydroxyl groups excluding tert-OH is 1. The summed E-state index contributed by atoms with van der Waals surface area (Å²) in [7, 11) is 0. The van der Waals surface area contributed by atoms with Gasteiger partial charge in [-0.15, -0.1) is 0 Å². The number of ether oxygens (including phenoxy) is 6. The molecular formula is C67H96O7. The van der Waals surface area contributed by atoms with Crippen LogP contribution in [0.5, 0.6) is 23.0 Å². The second-order valence-electron chi connectivity index (χ2n) is 16.3. The maximum Gasteiger partial charge on any atom is 0.122 e. The van der Waals surface area contributed by atoms with Crippen LogP contribution in [-0.2, 0) is 46.0 Å². The zero-order valence-corrected chi connectivity index (χ0v) is 48.6. The molecule has 0 bridgehead atoms. The van der Waals surface area contributed by atoms with Crippen molar-refractivity contribution in [1.29, 1.82) is 0 Å². The fourth-order valence-electron chi connectivity index (χ4n) is 9.00. The third-order valence-corrected chi connectivity index (χ3v) is 12.4. The second kappa shape index (κ2) is 35.6. The van der Waals surface area contributed by atoms with Crippen LogP contribution in [-0.4, -0.2) is 63.1 Å². The van der Waals surface area contributed by atoms with E-state index in [1.54, 1.807) is 0 Å². The minimum atomic E-state index is -0.801. The van der Waals surface area contributed by atoms with Gasteiger partial charge in [0.2, 0.25) is 0 Å². The van der Waals surface area contributed by atoms with E-state index in [9.17, 15) is 5.11 Å². The molecule has 2 aliphatic heterocycles.